The minimum Gasteiger partial charge on any atom is -0.487 e. The van der Waals surface area contributed by atoms with Crippen LogP contribution in [0, 0.1) is 0 Å². The topological polar surface area (TPSA) is 113 Å². The van der Waals surface area contributed by atoms with Crippen molar-refractivity contribution in [1.29, 1.82) is 0 Å². The molecule has 0 aromatic heterocycles. The fourth-order valence-electron chi connectivity index (χ4n) is 3.40. The number of carbonyl (C=O) groups is 4. The maximum absolute atomic E-state index is 13.2. The molecule has 36 heavy (non-hydrogen) atoms. The number of benzene rings is 3. The maximum atomic E-state index is 13.2. The Hall–Kier alpha value is -3.85. The average Bonchev–Trinajstić information content (AvgIpc) is 2.82. The first-order valence-electron chi connectivity index (χ1n) is 10.3. The standard InChI is InChI=1S/C25H15Cl3N2O6/c26-16-9-15(21(19(28)11-16)36-12-13-5-7-14(8-6-13)24(33)34)10-17-22(31)29-25(35)30(23(17)32)20-4-2-1-3-18(20)27/h1-11H,12H2,(H,33,34)(H,29,31,35)/b17-10+. The quantitative estimate of drug-likeness (QED) is 0.308. The van der Waals surface area contributed by atoms with Crippen LogP contribution in [0.2, 0.25) is 15.1 Å². The van der Waals surface area contributed by atoms with Gasteiger partial charge in [-0.15, -0.1) is 0 Å². The second kappa shape index (κ2) is 10.4. The smallest absolute Gasteiger partial charge is 0.335 e. The zero-order valence-electron chi connectivity index (χ0n) is 18.1. The molecule has 3 aromatic rings. The van der Waals surface area contributed by atoms with Crippen LogP contribution in [0.25, 0.3) is 6.08 Å². The van der Waals surface area contributed by atoms with Crippen LogP contribution in [0.15, 0.2) is 66.2 Å². The minimum atomic E-state index is -1.06. The van der Waals surface area contributed by atoms with Gasteiger partial charge in [0.05, 0.1) is 21.3 Å². The highest BCUT2D eigenvalue weighted by atomic mass is 35.5. The van der Waals surface area contributed by atoms with E-state index >= 15 is 0 Å². The summed E-state index contributed by atoms with van der Waals surface area (Å²) in [6, 6.07) is 14.1. The molecule has 0 radical (unpaired) electrons. The van der Waals surface area contributed by atoms with Crippen molar-refractivity contribution < 1.29 is 29.0 Å². The number of nitrogens with zero attached hydrogens (tertiary/aromatic N) is 1. The summed E-state index contributed by atoms with van der Waals surface area (Å²) >= 11 is 18.7. The summed E-state index contributed by atoms with van der Waals surface area (Å²) in [5, 5.41) is 11.6. The zero-order chi connectivity index (χ0) is 26.0. The molecular weight excluding hydrogens is 531 g/mol. The molecule has 0 spiro atoms. The normalized spacial score (nSPS) is 14.7. The number of halogens is 3. The number of carbonyl (C=O) groups excluding carboxylic acids is 3. The van der Waals surface area contributed by atoms with Gasteiger partial charge in [-0.05, 0) is 48.0 Å². The molecule has 0 aliphatic carbocycles. The summed E-state index contributed by atoms with van der Waals surface area (Å²) < 4.78 is 5.85. The van der Waals surface area contributed by atoms with Crippen LogP contribution < -0.4 is 15.0 Å². The molecule has 3 aromatic carbocycles. The Bertz CT molecular complexity index is 1440. The molecular formula is C25H15Cl3N2O6. The number of hydrogen-bond acceptors (Lipinski definition) is 5. The predicted octanol–water partition coefficient (Wildman–Crippen LogP) is 5.59. The number of carboxylic acids is 1. The Morgan fingerprint density at radius 3 is 2.33 bits per heavy atom. The van der Waals surface area contributed by atoms with E-state index < -0.39 is 23.8 Å². The molecule has 0 unspecified atom stereocenters. The largest absolute Gasteiger partial charge is 0.487 e. The van der Waals surface area contributed by atoms with E-state index in [9.17, 15) is 19.2 Å². The molecule has 11 heteroatoms. The van der Waals surface area contributed by atoms with E-state index in [1.165, 1.54) is 42.5 Å². The van der Waals surface area contributed by atoms with Crippen molar-refractivity contribution in [2.75, 3.05) is 4.90 Å². The first-order valence-corrected chi connectivity index (χ1v) is 11.4. The van der Waals surface area contributed by atoms with Crippen LogP contribution in [-0.2, 0) is 16.2 Å². The van der Waals surface area contributed by atoms with Crippen molar-refractivity contribution in [3.05, 3.63) is 98.0 Å². The van der Waals surface area contributed by atoms with Gasteiger partial charge in [-0.3, -0.25) is 14.9 Å². The third kappa shape index (κ3) is 5.21. The number of imide groups is 2. The van der Waals surface area contributed by atoms with E-state index in [1.807, 2.05) is 0 Å². The maximum Gasteiger partial charge on any atom is 0.335 e. The number of ether oxygens (including phenoxy) is 1. The van der Waals surface area contributed by atoms with Gasteiger partial charge in [-0.1, -0.05) is 59.1 Å². The van der Waals surface area contributed by atoms with Crippen LogP contribution in [0.4, 0.5) is 10.5 Å². The molecule has 2 N–H and O–H groups in total. The Balaban J connectivity index is 1.69. The fourth-order valence-corrected chi connectivity index (χ4v) is 4.19. The van der Waals surface area contributed by atoms with Crippen LogP contribution in [0.3, 0.4) is 0 Å². The third-order valence-electron chi connectivity index (χ3n) is 5.12. The second-order valence-corrected chi connectivity index (χ2v) is 8.76. The number of amides is 4. The Morgan fingerprint density at radius 2 is 1.67 bits per heavy atom. The highest BCUT2D eigenvalue weighted by Crippen LogP contribution is 2.36. The molecule has 1 aliphatic rings. The molecule has 8 nitrogen and oxygen atoms in total. The molecule has 1 fully saturated rings. The van der Waals surface area contributed by atoms with Crippen molar-refractivity contribution in [2.45, 2.75) is 6.61 Å². The molecule has 1 saturated heterocycles. The fraction of sp³-hybridized carbons (Fsp3) is 0.0400. The van der Waals surface area contributed by atoms with E-state index in [-0.39, 0.29) is 49.8 Å². The number of carboxylic acid groups (broad SMARTS) is 1. The first-order chi connectivity index (χ1) is 17.2. The Kier molecular flexibility index (Phi) is 7.30. The number of para-hydroxylation sites is 1. The third-order valence-corrected chi connectivity index (χ3v) is 5.93. The number of urea groups is 1. The minimum absolute atomic E-state index is 0.00179. The number of nitrogens with one attached hydrogen (secondary N) is 1. The van der Waals surface area contributed by atoms with Gasteiger partial charge in [-0.2, -0.15) is 0 Å². The Labute approximate surface area is 219 Å². The molecule has 4 rings (SSSR count). The molecule has 4 amide bonds. The number of hydrogen-bond donors (Lipinski definition) is 2. The first kappa shape index (κ1) is 25.2. The summed E-state index contributed by atoms with van der Waals surface area (Å²) in [5.41, 5.74) is 0.704. The molecule has 1 heterocycles. The van der Waals surface area contributed by atoms with Gasteiger partial charge < -0.3 is 9.84 Å². The second-order valence-electron chi connectivity index (χ2n) is 7.51. The van der Waals surface area contributed by atoms with Crippen LogP contribution in [0.5, 0.6) is 5.75 Å². The molecule has 182 valence electrons. The Morgan fingerprint density at radius 1 is 0.972 bits per heavy atom. The van der Waals surface area contributed by atoms with Crippen molar-refractivity contribution in [2.24, 2.45) is 0 Å². The number of rotatable bonds is 6. The van der Waals surface area contributed by atoms with Gasteiger partial charge >= 0.3 is 12.0 Å². The van der Waals surface area contributed by atoms with Gasteiger partial charge in [0.2, 0.25) is 0 Å². The SMILES string of the molecule is O=C1NC(=O)N(c2ccccc2Cl)C(=O)/C1=C/c1cc(Cl)cc(Cl)c1OCc1ccc(C(=O)O)cc1. The lowest BCUT2D eigenvalue weighted by Crippen LogP contribution is -2.54. The predicted molar refractivity (Wildman–Crippen MR) is 135 cm³/mol. The van der Waals surface area contributed by atoms with E-state index in [0.29, 0.717) is 5.56 Å². The lowest BCUT2D eigenvalue weighted by atomic mass is 10.1. The molecule has 0 atom stereocenters. The van der Waals surface area contributed by atoms with Crippen molar-refractivity contribution >= 4 is 70.4 Å². The molecule has 0 bridgehead atoms. The van der Waals surface area contributed by atoms with Crippen LogP contribution in [-0.4, -0.2) is 28.9 Å². The van der Waals surface area contributed by atoms with E-state index in [0.717, 1.165) is 4.90 Å². The zero-order valence-corrected chi connectivity index (χ0v) is 20.4. The van der Waals surface area contributed by atoms with Gasteiger partial charge in [0.15, 0.2) is 0 Å². The lowest BCUT2D eigenvalue weighted by Gasteiger charge is -2.27. The monoisotopic (exact) mass is 544 g/mol. The van der Waals surface area contributed by atoms with E-state index in [2.05, 4.69) is 5.32 Å². The summed E-state index contributed by atoms with van der Waals surface area (Å²) in [4.78, 5) is 50.1. The van der Waals surface area contributed by atoms with Gasteiger partial charge in [0, 0.05) is 10.6 Å². The lowest BCUT2D eigenvalue weighted by molar-refractivity contribution is -0.122. The van der Waals surface area contributed by atoms with Gasteiger partial charge in [0.1, 0.15) is 17.9 Å². The highest BCUT2D eigenvalue weighted by Gasteiger charge is 2.38. The van der Waals surface area contributed by atoms with Crippen LogP contribution in [0.1, 0.15) is 21.5 Å². The van der Waals surface area contributed by atoms with Crippen LogP contribution >= 0.6 is 34.8 Å². The summed E-state index contributed by atoms with van der Waals surface area (Å²) in [7, 11) is 0. The molecule has 1 aliphatic heterocycles. The van der Waals surface area contributed by atoms with Gasteiger partial charge in [-0.25, -0.2) is 14.5 Å². The van der Waals surface area contributed by atoms with Gasteiger partial charge in [0.25, 0.3) is 11.8 Å². The van der Waals surface area contributed by atoms with E-state index in [1.54, 1.807) is 24.3 Å². The number of barbiturate groups is 1. The summed E-state index contributed by atoms with van der Waals surface area (Å²) in [6.45, 7) is 0.00179. The van der Waals surface area contributed by atoms with Crippen molar-refractivity contribution in [3.8, 4) is 5.75 Å². The number of aromatic carboxylic acids is 1. The summed E-state index contributed by atoms with van der Waals surface area (Å²) in [6.07, 6.45) is 1.22. The van der Waals surface area contributed by atoms with Crippen molar-refractivity contribution in [3.63, 3.8) is 0 Å². The number of anilines is 1. The van der Waals surface area contributed by atoms with Crippen molar-refractivity contribution in [1.82, 2.24) is 5.32 Å². The van der Waals surface area contributed by atoms with E-state index in [4.69, 9.17) is 44.6 Å². The summed E-state index contributed by atoms with van der Waals surface area (Å²) in [5.74, 6) is -2.75. The highest BCUT2D eigenvalue weighted by molar-refractivity contribution is 6.42. The average molecular weight is 546 g/mol. The molecule has 0 saturated carbocycles.